The van der Waals surface area contributed by atoms with Crippen molar-refractivity contribution in [3.63, 3.8) is 0 Å². The zero-order chi connectivity index (χ0) is 22.5. The van der Waals surface area contributed by atoms with Crippen LogP contribution in [-0.2, 0) is 19.1 Å². The fourth-order valence-electron chi connectivity index (χ4n) is 3.02. The largest absolute Gasteiger partial charge is 0.437 e. The lowest BCUT2D eigenvalue weighted by atomic mass is 9.83. The number of hydrogen-bond acceptors (Lipinski definition) is 8. The van der Waals surface area contributed by atoms with Gasteiger partial charge in [-0.25, -0.2) is 0 Å². The number of benzene rings is 1. The average Bonchev–Trinajstić information content (AvgIpc) is 2.66. The van der Waals surface area contributed by atoms with Crippen molar-refractivity contribution in [2.75, 3.05) is 37.8 Å². The lowest BCUT2D eigenvalue weighted by molar-refractivity contribution is -0.112. The Balaban J connectivity index is 2.28. The molecule has 1 aliphatic heterocycles. The van der Waals surface area contributed by atoms with Crippen molar-refractivity contribution in [1.82, 2.24) is 9.71 Å². The SMILES string of the molecule is CB(O)N1CCN(C(C=N)=C(Cl)C(=O)Nc2cccc(Cl)c2)C(COS(C)(=O)=O)C1. The normalized spacial score (nSPS) is 18.6. The smallest absolute Gasteiger partial charge is 0.376 e. The van der Waals surface area contributed by atoms with Crippen LogP contribution >= 0.6 is 23.2 Å². The summed E-state index contributed by atoms with van der Waals surface area (Å²) in [5.74, 6) is -0.641. The van der Waals surface area contributed by atoms with E-state index in [0.29, 0.717) is 23.8 Å². The standard InChI is InChI=1S/C17H23BCl2N4O5S/c1-18(26)23-6-7-24(14(10-23)11-29-30(2,27)28)15(9-21)16(20)17(25)22-13-5-3-4-12(19)8-13/h3-5,8-9,14,21,26H,6-7,10-11H2,1-2H3,(H,22,25). The number of piperazine rings is 1. The second-order valence-electron chi connectivity index (χ2n) is 6.77. The highest BCUT2D eigenvalue weighted by molar-refractivity contribution is 7.85. The van der Waals surface area contributed by atoms with Crippen LogP contribution < -0.4 is 5.32 Å². The lowest BCUT2D eigenvalue weighted by Gasteiger charge is -2.43. The van der Waals surface area contributed by atoms with Gasteiger partial charge in [-0.3, -0.25) is 8.98 Å². The fraction of sp³-hybridized carbons (Fsp3) is 0.412. The molecule has 30 heavy (non-hydrogen) atoms. The number of nitrogens with one attached hydrogen (secondary N) is 2. The molecule has 1 saturated heterocycles. The Kier molecular flexibility index (Phi) is 8.71. The molecule has 9 nitrogen and oxygen atoms in total. The zero-order valence-electron chi connectivity index (χ0n) is 16.5. The maximum Gasteiger partial charge on any atom is 0.376 e. The van der Waals surface area contributed by atoms with E-state index in [9.17, 15) is 18.2 Å². The molecule has 0 aliphatic carbocycles. The molecule has 1 aromatic rings. The van der Waals surface area contributed by atoms with E-state index in [1.807, 2.05) is 0 Å². The molecule has 1 fully saturated rings. The number of allylic oxidation sites excluding steroid dienone is 1. The topological polar surface area (TPSA) is 123 Å². The first-order valence-corrected chi connectivity index (χ1v) is 11.6. The van der Waals surface area contributed by atoms with Crippen molar-refractivity contribution in [1.29, 1.82) is 5.41 Å². The minimum Gasteiger partial charge on any atom is -0.437 e. The second-order valence-corrected chi connectivity index (χ2v) is 9.23. The van der Waals surface area contributed by atoms with Crippen LogP contribution in [0, 0.1) is 5.41 Å². The summed E-state index contributed by atoms with van der Waals surface area (Å²) in [5, 5.41) is 20.5. The monoisotopic (exact) mass is 476 g/mol. The number of carbonyl (C=O) groups excluding carboxylic acids is 1. The summed E-state index contributed by atoms with van der Waals surface area (Å²) in [6.07, 6.45) is 1.87. The van der Waals surface area contributed by atoms with Crippen LogP contribution in [0.3, 0.4) is 0 Å². The molecule has 0 radical (unpaired) electrons. The third-order valence-electron chi connectivity index (χ3n) is 4.47. The van der Waals surface area contributed by atoms with E-state index < -0.39 is 29.1 Å². The summed E-state index contributed by atoms with van der Waals surface area (Å²) >= 11 is 12.2. The molecular formula is C17H23BCl2N4O5S. The van der Waals surface area contributed by atoms with Crippen molar-refractivity contribution in [3.05, 3.63) is 40.0 Å². The minimum atomic E-state index is -3.70. The molecule has 1 unspecified atom stereocenters. The van der Waals surface area contributed by atoms with Crippen LogP contribution in [0.15, 0.2) is 35.0 Å². The second kappa shape index (κ2) is 10.6. The van der Waals surface area contributed by atoms with Crippen molar-refractivity contribution in [2.45, 2.75) is 12.9 Å². The molecule has 164 valence electrons. The number of amides is 1. The number of nitrogens with zero attached hydrogens (tertiary/aromatic N) is 2. The van der Waals surface area contributed by atoms with Crippen molar-refractivity contribution in [2.24, 2.45) is 0 Å². The van der Waals surface area contributed by atoms with E-state index >= 15 is 0 Å². The van der Waals surface area contributed by atoms with Crippen molar-refractivity contribution in [3.8, 4) is 0 Å². The molecule has 1 heterocycles. The molecule has 2 rings (SSSR count). The van der Waals surface area contributed by atoms with Gasteiger partial charge in [-0.05, 0) is 25.0 Å². The molecule has 0 bridgehead atoms. The molecule has 0 saturated carbocycles. The summed E-state index contributed by atoms with van der Waals surface area (Å²) in [7, 11) is -4.45. The van der Waals surface area contributed by atoms with Gasteiger partial charge in [-0.2, -0.15) is 8.42 Å². The van der Waals surface area contributed by atoms with Crippen LogP contribution in [0.4, 0.5) is 5.69 Å². The summed E-state index contributed by atoms with van der Waals surface area (Å²) in [6, 6.07) is 5.96. The van der Waals surface area contributed by atoms with Gasteiger partial charge in [0, 0.05) is 36.6 Å². The van der Waals surface area contributed by atoms with E-state index in [0.717, 1.165) is 12.5 Å². The summed E-state index contributed by atoms with van der Waals surface area (Å²) < 4.78 is 27.8. The predicted molar refractivity (Wildman–Crippen MR) is 118 cm³/mol. The minimum absolute atomic E-state index is 0.114. The van der Waals surface area contributed by atoms with Gasteiger partial charge in [-0.1, -0.05) is 29.3 Å². The van der Waals surface area contributed by atoms with E-state index in [4.69, 9.17) is 32.8 Å². The summed E-state index contributed by atoms with van der Waals surface area (Å²) in [5.41, 5.74) is 0.550. The Bertz CT molecular complexity index is 928. The van der Waals surface area contributed by atoms with Gasteiger partial charge in [-0.15, -0.1) is 0 Å². The maximum atomic E-state index is 12.6. The van der Waals surface area contributed by atoms with E-state index in [1.54, 1.807) is 40.8 Å². The van der Waals surface area contributed by atoms with Gasteiger partial charge in [0.2, 0.25) is 0 Å². The van der Waals surface area contributed by atoms with Crippen LogP contribution in [0.1, 0.15) is 0 Å². The Hall–Kier alpha value is -1.63. The van der Waals surface area contributed by atoms with Crippen molar-refractivity contribution < 1.29 is 22.4 Å². The van der Waals surface area contributed by atoms with Crippen LogP contribution in [0.25, 0.3) is 0 Å². The molecule has 13 heteroatoms. The van der Waals surface area contributed by atoms with E-state index in [-0.39, 0.29) is 23.9 Å². The van der Waals surface area contributed by atoms with Gasteiger partial charge in [0.25, 0.3) is 16.0 Å². The third kappa shape index (κ3) is 6.97. The zero-order valence-corrected chi connectivity index (χ0v) is 18.8. The quantitative estimate of drug-likeness (QED) is 0.224. The predicted octanol–water partition coefficient (Wildman–Crippen LogP) is 1.45. The van der Waals surface area contributed by atoms with Crippen LogP contribution in [0.5, 0.6) is 0 Å². The van der Waals surface area contributed by atoms with Gasteiger partial charge < -0.3 is 25.5 Å². The maximum absolute atomic E-state index is 12.6. The van der Waals surface area contributed by atoms with Crippen LogP contribution in [0.2, 0.25) is 11.8 Å². The highest BCUT2D eigenvalue weighted by atomic mass is 35.5. The molecule has 1 aliphatic rings. The highest BCUT2D eigenvalue weighted by Gasteiger charge is 2.33. The number of hydrogen-bond donors (Lipinski definition) is 3. The number of rotatable bonds is 8. The molecule has 1 aromatic carbocycles. The highest BCUT2D eigenvalue weighted by Crippen LogP contribution is 2.23. The molecular weight excluding hydrogens is 454 g/mol. The van der Waals surface area contributed by atoms with Gasteiger partial charge >= 0.3 is 7.05 Å². The Morgan fingerprint density at radius 2 is 2.17 bits per heavy atom. The Morgan fingerprint density at radius 1 is 1.47 bits per heavy atom. The summed E-state index contributed by atoms with van der Waals surface area (Å²) in [6.45, 7) is 2.35. The number of anilines is 1. The Morgan fingerprint density at radius 3 is 2.73 bits per heavy atom. The fourth-order valence-corrected chi connectivity index (χ4v) is 3.83. The first-order valence-electron chi connectivity index (χ1n) is 9.02. The molecule has 3 N–H and O–H groups in total. The average molecular weight is 477 g/mol. The van der Waals surface area contributed by atoms with Crippen molar-refractivity contribution >= 4 is 58.2 Å². The summed E-state index contributed by atoms with van der Waals surface area (Å²) in [4.78, 5) is 16.0. The number of halogens is 2. The molecule has 0 spiro atoms. The van der Waals surface area contributed by atoms with E-state index in [1.165, 1.54) is 0 Å². The first-order chi connectivity index (χ1) is 14.0. The van der Waals surface area contributed by atoms with Crippen LogP contribution in [-0.4, -0.2) is 80.9 Å². The Labute approximate surface area is 186 Å². The molecule has 1 amide bonds. The van der Waals surface area contributed by atoms with Gasteiger partial charge in [0.15, 0.2) is 0 Å². The molecule has 0 aromatic heterocycles. The lowest BCUT2D eigenvalue weighted by Crippen LogP contribution is -2.58. The number of carbonyl (C=O) groups is 1. The third-order valence-corrected chi connectivity index (χ3v) is 5.63. The molecule has 1 atom stereocenters. The first kappa shape index (κ1) is 24.6. The van der Waals surface area contributed by atoms with Gasteiger partial charge in [0.1, 0.15) is 5.03 Å². The van der Waals surface area contributed by atoms with Gasteiger partial charge in [0.05, 0.1) is 24.6 Å². The van der Waals surface area contributed by atoms with E-state index in [2.05, 4.69) is 5.32 Å².